The van der Waals surface area contributed by atoms with E-state index in [1.807, 2.05) is 20.8 Å². The van der Waals surface area contributed by atoms with Gasteiger partial charge in [-0.05, 0) is 18.9 Å². The summed E-state index contributed by atoms with van der Waals surface area (Å²) in [5.74, 6) is 0.683. The third-order valence-electron chi connectivity index (χ3n) is 4.09. The van der Waals surface area contributed by atoms with E-state index in [4.69, 9.17) is 4.52 Å². The third kappa shape index (κ3) is 2.63. The van der Waals surface area contributed by atoms with Crippen LogP contribution in [0.2, 0.25) is 0 Å². The molecule has 0 bridgehead atoms. The van der Waals surface area contributed by atoms with Crippen molar-refractivity contribution in [3.8, 4) is 0 Å². The van der Waals surface area contributed by atoms with Crippen LogP contribution < -0.4 is 0 Å². The SMILES string of the molecule is CCc1nc(CN2CCC(C(=O)O)(C(C)C)C2)no1. The number of aliphatic carboxylic acids is 1. The van der Waals surface area contributed by atoms with Crippen LogP contribution in [0.1, 0.15) is 38.9 Å². The van der Waals surface area contributed by atoms with Crippen molar-refractivity contribution in [2.24, 2.45) is 11.3 Å². The van der Waals surface area contributed by atoms with Crippen molar-refractivity contribution in [2.75, 3.05) is 13.1 Å². The van der Waals surface area contributed by atoms with Gasteiger partial charge >= 0.3 is 5.97 Å². The molecule has 0 radical (unpaired) electrons. The van der Waals surface area contributed by atoms with Gasteiger partial charge < -0.3 is 9.63 Å². The average molecular weight is 267 g/mol. The van der Waals surface area contributed by atoms with Crippen molar-refractivity contribution in [1.82, 2.24) is 15.0 Å². The highest BCUT2D eigenvalue weighted by atomic mass is 16.5. The Bertz CT molecular complexity index is 458. The first-order chi connectivity index (χ1) is 8.98. The molecule has 1 aliphatic rings. The van der Waals surface area contributed by atoms with Crippen LogP contribution in [0.15, 0.2) is 4.52 Å². The van der Waals surface area contributed by atoms with Gasteiger partial charge in [-0.3, -0.25) is 9.69 Å². The van der Waals surface area contributed by atoms with Gasteiger partial charge in [0, 0.05) is 13.0 Å². The predicted molar refractivity (Wildman–Crippen MR) is 68.5 cm³/mol. The first-order valence-corrected chi connectivity index (χ1v) is 6.75. The van der Waals surface area contributed by atoms with E-state index in [1.165, 1.54) is 0 Å². The molecule has 6 nitrogen and oxygen atoms in total. The van der Waals surface area contributed by atoms with Crippen LogP contribution in [0.3, 0.4) is 0 Å². The largest absolute Gasteiger partial charge is 0.481 e. The molecule has 0 aromatic carbocycles. The molecule has 0 spiro atoms. The molecule has 0 aliphatic carbocycles. The van der Waals surface area contributed by atoms with E-state index in [1.54, 1.807) is 0 Å². The Morgan fingerprint density at radius 2 is 2.32 bits per heavy atom. The molecule has 1 saturated heterocycles. The Hall–Kier alpha value is -1.43. The number of carboxylic acids is 1. The summed E-state index contributed by atoms with van der Waals surface area (Å²) in [4.78, 5) is 17.9. The second kappa shape index (κ2) is 5.28. The third-order valence-corrected chi connectivity index (χ3v) is 4.09. The highest BCUT2D eigenvalue weighted by Gasteiger charge is 2.47. The molecule has 2 rings (SSSR count). The highest BCUT2D eigenvalue weighted by molar-refractivity contribution is 5.75. The fraction of sp³-hybridized carbons (Fsp3) is 0.769. The van der Waals surface area contributed by atoms with Gasteiger partial charge in [-0.1, -0.05) is 25.9 Å². The first kappa shape index (κ1) is 14.0. The zero-order chi connectivity index (χ0) is 14.0. The predicted octanol–water partition coefficient (Wildman–Crippen LogP) is 1.56. The number of carbonyl (C=O) groups is 1. The van der Waals surface area contributed by atoms with E-state index in [-0.39, 0.29) is 5.92 Å². The lowest BCUT2D eigenvalue weighted by molar-refractivity contribution is -0.151. The van der Waals surface area contributed by atoms with Gasteiger partial charge in [0.1, 0.15) is 0 Å². The Balaban J connectivity index is 2.03. The summed E-state index contributed by atoms with van der Waals surface area (Å²) in [5.41, 5.74) is -0.642. The van der Waals surface area contributed by atoms with E-state index in [0.717, 1.165) is 13.0 Å². The molecular formula is C13H21N3O3. The van der Waals surface area contributed by atoms with Gasteiger partial charge in [0.25, 0.3) is 0 Å². The van der Waals surface area contributed by atoms with E-state index in [2.05, 4.69) is 15.0 Å². The zero-order valence-corrected chi connectivity index (χ0v) is 11.7. The van der Waals surface area contributed by atoms with Gasteiger partial charge in [0.15, 0.2) is 5.82 Å². The standard InChI is InChI=1S/C13H21N3O3/c1-4-11-14-10(15-19-11)7-16-6-5-13(8-16,9(2)3)12(17)18/h9H,4-8H2,1-3H3,(H,17,18). The minimum atomic E-state index is -0.702. The number of nitrogens with zero attached hydrogens (tertiary/aromatic N) is 3. The van der Waals surface area contributed by atoms with E-state index in [0.29, 0.717) is 31.2 Å². The number of aryl methyl sites for hydroxylation is 1. The van der Waals surface area contributed by atoms with E-state index >= 15 is 0 Å². The molecule has 1 atom stereocenters. The Morgan fingerprint density at radius 3 is 2.79 bits per heavy atom. The smallest absolute Gasteiger partial charge is 0.311 e. The number of rotatable bonds is 5. The number of carboxylic acid groups (broad SMARTS) is 1. The lowest BCUT2D eigenvalue weighted by Gasteiger charge is -2.28. The van der Waals surface area contributed by atoms with Crippen molar-refractivity contribution in [2.45, 2.75) is 40.2 Å². The zero-order valence-electron chi connectivity index (χ0n) is 11.7. The maximum atomic E-state index is 11.5. The molecule has 1 aromatic heterocycles. The van der Waals surface area contributed by atoms with E-state index < -0.39 is 11.4 Å². The summed E-state index contributed by atoms with van der Waals surface area (Å²) in [6, 6.07) is 0. The number of likely N-dealkylation sites (tertiary alicyclic amines) is 1. The fourth-order valence-electron chi connectivity index (χ4n) is 2.64. The van der Waals surface area contributed by atoms with Crippen molar-refractivity contribution in [1.29, 1.82) is 0 Å². The molecule has 106 valence electrons. The van der Waals surface area contributed by atoms with Crippen LogP contribution in [-0.2, 0) is 17.8 Å². The maximum absolute atomic E-state index is 11.5. The molecule has 0 saturated carbocycles. The molecule has 1 aliphatic heterocycles. The molecule has 2 heterocycles. The molecule has 1 unspecified atom stereocenters. The van der Waals surface area contributed by atoms with Gasteiger partial charge in [-0.2, -0.15) is 4.98 Å². The molecule has 6 heteroatoms. The number of aromatic nitrogens is 2. The van der Waals surface area contributed by atoms with Gasteiger partial charge in [-0.15, -0.1) is 0 Å². The van der Waals surface area contributed by atoms with E-state index in [9.17, 15) is 9.90 Å². The van der Waals surface area contributed by atoms with Crippen molar-refractivity contribution in [3.63, 3.8) is 0 Å². The lowest BCUT2D eigenvalue weighted by Crippen LogP contribution is -2.39. The van der Waals surface area contributed by atoms with Crippen molar-refractivity contribution >= 4 is 5.97 Å². The number of hydrogen-bond donors (Lipinski definition) is 1. The Morgan fingerprint density at radius 1 is 1.58 bits per heavy atom. The van der Waals surface area contributed by atoms with Gasteiger partial charge in [0.05, 0.1) is 12.0 Å². The molecule has 1 aromatic rings. The van der Waals surface area contributed by atoms with Crippen LogP contribution in [0.5, 0.6) is 0 Å². The second-order valence-corrected chi connectivity index (χ2v) is 5.53. The summed E-state index contributed by atoms with van der Waals surface area (Å²) >= 11 is 0. The van der Waals surface area contributed by atoms with Crippen LogP contribution >= 0.6 is 0 Å². The molecule has 0 amide bonds. The monoisotopic (exact) mass is 267 g/mol. The summed E-state index contributed by atoms with van der Waals surface area (Å²) in [7, 11) is 0. The fourth-order valence-corrected chi connectivity index (χ4v) is 2.64. The Labute approximate surface area is 112 Å². The van der Waals surface area contributed by atoms with Crippen LogP contribution in [0.25, 0.3) is 0 Å². The van der Waals surface area contributed by atoms with Gasteiger partial charge in [0.2, 0.25) is 5.89 Å². The maximum Gasteiger partial charge on any atom is 0.311 e. The van der Waals surface area contributed by atoms with Crippen molar-refractivity contribution < 1.29 is 14.4 Å². The quantitative estimate of drug-likeness (QED) is 0.872. The minimum absolute atomic E-state index is 0.117. The minimum Gasteiger partial charge on any atom is -0.481 e. The summed E-state index contributed by atoms with van der Waals surface area (Å²) in [5, 5.41) is 13.4. The molecule has 19 heavy (non-hydrogen) atoms. The molecular weight excluding hydrogens is 246 g/mol. The van der Waals surface area contributed by atoms with Crippen LogP contribution in [-0.4, -0.2) is 39.2 Å². The second-order valence-electron chi connectivity index (χ2n) is 5.53. The van der Waals surface area contributed by atoms with Crippen LogP contribution in [0, 0.1) is 11.3 Å². The normalized spacial score (nSPS) is 24.2. The Kier molecular flexibility index (Phi) is 3.89. The summed E-state index contributed by atoms with van der Waals surface area (Å²) < 4.78 is 5.07. The van der Waals surface area contributed by atoms with Crippen LogP contribution in [0.4, 0.5) is 0 Å². The summed E-state index contributed by atoms with van der Waals surface area (Å²) in [6.07, 6.45) is 1.40. The first-order valence-electron chi connectivity index (χ1n) is 6.75. The summed E-state index contributed by atoms with van der Waals surface area (Å²) in [6.45, 7) is 7.78. The van der Waals surface area contributed by atoms with Crippen molar-refractivity contribution in [3.05, 3.63) is 11.7 Å². The van der Waals surface area contributed by atoms with Gasteiger partial charge in [-0.25, -0.2) is 0 Å². The average Bonchev–Trinajstić information content (AvgIpc) is 2.96. The number of hydrogen-bond acceptors (Lipinski definition) is 5. The molecule has 1 N–H and O–H groups in total. The highest BCUT2D eigenvalue weighted by Crippen LogP contribution is 2.38. The lowest BCUT2D eigenvalue weighted by atomic mass is 9.76. The molecule has 1 fully saturated rings. The topological polar surface area (TPSA) is 79.5 Å².